The van der Waals surface area contributed by atoms with Crippen LogP contribution in [-0.2, 0) is 19.6 Å². The highest BCUT2D eigenvalue weighted by Crippen LogP contribution is 2.36. The van der Waals surface area contributed by atoms with Crippen LogP contribution in [0.3, 0.4) is 0 Å². The lowest BCUT2D eigenvalue weighted by molar-refractivity contribution is -0.120. The van der Waals surface area contributed by atoms with E-state index in [1.165, 1.54) is 23.9 Å². The molecule has 0 aromatic heterocycles. The van der Waals surface area contributed by atoms with Gasteiger partial charge in [-0.25, -0.2) is 8.42 Å². The first-order valence-corrected chi connectivity index (χ1v) is 11.8. The number of rotatable bonds is 5. The lowest BCUT2D eigenvalue weighted by atomic mass is 10.2. The third-order valence-electron chi connectivity index (χ3n) is 4.63. The van der Waals surface area contributed by atoms with Crippen molar-refractivity contribution in [3.63, 3.8) is 0 Å². The molecule has 0 radical (unpaired) electrons. The van der Waals surface area contributed by atoms with Crippen molar-refractivity contribution in [1.29, 1.82) is 0 Å². The Hall–Kier alpha value is -2.85. The van der Waals surface area contributed by atoms with Crippen LogP contribution in [0, 0.1) is 0 Å². The van der Waals surface area contributed by atoms with E-state index in [1.54, 1.807) is 12.1 Å². The summed E-state index contributed by atoms with van der Waals surface area (Å²) in [6.07, 6.45) is 1.39. The topological polar surface area (TPSA) is 117 Å². The van der Waals surface area contributed by atoms with Crippen molar-refractivity contribution in [3.05, 3.63) is 48.5 Å². The molecule has 2 amide bonds. The number of hydrogen-bond donors (Lipinski definition) is 3. The Kier molecular flexibility index (Phi) is 5.78. The van der Waals surface area contributed by atoms with Gasteiger partial charge in [-0.1, -0.05) is 18.2 Å². The molecule has 0 bridgehead atoms. The van der Waals surface area contributed by atoms with Crippen LogP contribution in [-0.4, -0.2) is 37.9 Å². The highest BCUT2D eigenvalue weighted by atomic mass is 32.2. The first-order valence-electron chi connectivity index (χ1n) is 9.43. The van der Waals surface area contributed by atoms with Gasteiger partial charge in [-0.2, -0.15) is 0 Å². The molecule has 30 heavy (non-hydrogen) atoms. The zero-order valence-electron chi connectivity index (χ0n) is 15.9. The second-order valence-corrected chi connectivity index (χ2v) is 9.84. The number of thioether (sulfide) groups is 1. The molecule has 0 aliphatic carbocycles. The summed E-state index contributed by atoms with van der Waals surface area (Å²) >= 11 is 1.34. The highest BCUT2D eigenvalue weighted by molar-refractivity contribution is 8.01. The normalized spacial score (nSPS) is 18.2. The minimum absolute atomic E-state index is 0.0309. The summed E-state index contributed by atoms with van der Waals surface area (Å²) in [7, 11) is -3.77. The standard InChI is InChI=1S/C20H20N4O4S2/c25-19(12-17-20(26)23-15-7-1-2-8-16(15)29-17)22-13-5-3-6-14(11-13)30(27,28)24-18-9-4-10-21-18/h1-3,5-8,11,17H,4,9-10,12H2,(H,21,24)(H,22,25)(H,23,26)/t17-/m0/s1. The summed E-state index contributed by atoms with van der Waals surface area (Å²) in [5.41, 5.74) is 1.08. The number of aliphatic imine (C=N–C) groups is 1. The molecule has 2 aromatic carbocycles. The van der Waals surface area contributed by atoms with Crippen molar-refractivity contribution >= 4 is 50.8 Å². The minimum atomic E-state index is -3.77. The number of para-hydroxylation sites is 1. The molecule has 2 aromatic rings. The Morgan fingerprint density at radius 3 is 2.83 bits per heavy atom. The smallest absolute Gasteiger partial charge is 0.262 e. The molecule has 2 aliphatic heterocycles. The predicted molar refractivity (Wildman–Crippen MR) is 116 cm³/mol. The molecule has 4 rings (SSSR count). The van der Waals surface area contributed by atoms with E-state index in [1.807, 2.05) is 24.3 Å². The molecule has 0 saturated carbocycles. The molecular formula is C20H20N4O4S2. The Morgan fingerprint density at radius 2 is 2.03 bits per heavy atom. The number of benzene rings is 2. The Balaban J connectivity index is 1.41. The fourth-order valence-corrected chi connectivity index (χ4v) is 5.43. The van der Waals surface area contributed by atoms with Gasteiger partial charge in [0, 0.05) is 30.0 Å². The average molecular weight is 445 g/mol. The van der Waals surface area contributed by atoms with Gasteiger partial charge < -0.3 is 10.6 Å². The number of anilines is 2. The predicted octanol–water partition coefficient (Wildman–Crippen LogP) is 2.60. The van der Waals surface area contributed by atoms with Crippen LogP contribution >= 0.6 is 11.8 Å². The maximum atomic E-state index is 12.5. The molecular weight excluding hydrogens is 424 g/mol. The number of fused-ring (bicyclic) bond motifs is 1. The number of carbonyl (C=O) groups is 2. The maximum Gasteiger partial charge on any atom is 0.262 e. The largest absolute Gasteiger partial charge is 0.326 e. The van der Waals surface area contributed by atoms with Gasteiger partial charge in [-0.15, -0.1) is 11.8 Å². The SMILES string of the molecule is O=C(C[C@@H]1Sc2ccccc2NC1=O)Nc1cccc(S(=O)(=O)NC2=NCCC2)c1. The summed E-state index contributed by atoms with van der Waals surface area (Å²) < 4.78 is 27.6. The van der Waals surface area contributed by atoms with Gasteiger partial charge in [0.05, 0.1) is 15.8 Å². The van der Waals surface area contributed by atoms with Gasteiger partial charge in [-0.3, -0.25) is 19.3 Å². The van der Waals surface area contributed by atoms with E-state index in [-0.39, 0.29) is 23.1 Å². The molecule has 2 heterocycles. The zero-order valence-corrected chi connectivity index (χ0v) is 17.6. The minimum Gasteiger partial charge on any atom is -0.326 e. The maximum absolute atomic E-state index is 12.5. The third-order valence-corrected chi connectivity index (χ3v) is 7.29. The van der Waals surface area contributed by atoms with Crippen LogP contribution in [0.4, 0.5) is 11.4 Å². The number of nitrogens with zero attached hydrogens (tertiary/aromatic N) is 1. The summed E-state index contributed by atoms with van der Waals surface area (Å²) in [5.74, 6) is -0.151. The molecule has 0 fully saturated rings. The average Bonchev–Trinajstić information content (AvgIpc) is 3.21. The van der Waals surface area contributed by atoms with E-state index in [9.17, 15) is 18.0 Å². The number of amidine groups is 1. The van der Waals surface area contributed by atoms with Gasteiger partial charge in [-0.05, 0) is 36.8 Å². The van der Waals surface area contributed by atoms with Crippen LogP contribution in [0.2, 0.25) is 0 Å². The quantitative estimate of drug-likeness (QED) is 0.655. The van der Waals surface area contributed by atoms with Crippen molar-refractivity contribution in [2.45, 2.75) is 34.3 Å². The monoisotopic (exact) mass is 444 g/mol. The van der Waals surface area contributed by atoms with E-state index < -0.39 is 15.3 Å². The van der Waals surface area contributed by atoms with Crippen molar-refractivity contribution in [2.75, 3.05) is 17.2 Å². The van der Waals surface area contributed by atoms with Gasteiger partial charge in [0.25, 0.3) is 10.0 Å². The van der Waals surface area contributed by atoms with E-state index in [0.29, 0.717) is 24.5 Å². The number of nitrogens with one attached hydrogen (secondary N) is 3. The molecule has 156 valence electrons. The highest BCUT2D eigenvalue weighted by Gasteiger charge is 2.29. The second-order valence-electron chi connectivity index (χ2n) is 6.91. The van der Waals surface area contributed by atoms with Crippen molar-refractivity contribution in [3.8, 4) is 0 Å². The van der Waals surface area contributed by atoms with Crippen molar-refractivity contribution in [1.82, 2.24) is 4.72 Å². The lowest BCUT2D eigenvalue weighted by Crippen LogP contribution is -2.32. The third kappa shape index (κ3) is 4.65. The van der Waals surface area contributed by atoms with Crippen LogP contribution < -0.4 is 15.4 Å². The van der Waals surface area contributed by atoms with Crippen LogP contribution in [0.15, 0.2) is 63.3 Å². The number of carbonyl (C=O) groups excluding carboxylic acids is 2. The number of sulfonamides is 1. The zero-order chi connectivity index (χ0) is 21.1. The Bertz CT molecular complexity index is 1130. The van der Waals surface area contributed by atoms with Gasteiger partial charge in [0.15, 0.2) is 0 Å². The van der Waals surface area contributed by atoms with Crippen molar-refractivity contribution in [2.24, 2.45) is 4.99 Å². The molecule has 3 N–H and O–H groups in total. The first-order chi connectivity index (χ1) is 14.4. The molecule has 8 nitrogen and oxygen atoms in total. The van der Waals surface area contributed by atoms with E-state index >= 15 is 0 Å². The fourth-order valence-electron chi connectivity index (χ4n) is 3.19. The molecule has 1 atom stereocenters. The van der Waals surface area contributed by atoms with Gasteiger partial charge in [0.2, 0.25) is 11.8 Å². The summed E-state index contributed by atoms with van der Waals surface area (Å²) in [6.45, 7) is 0.616. The molecule has 0 unspecified atom stereocenters. The van der Waals surface area contributed by atoms with E-state index in [2.05, 4.69) is 20.3 Å². The Labute approximate surface area is 178 Å². The van der Waals surface area contributed by atoms with Gasteiger partial charge >= 0.3 is 0 Å². The van der Waals surface area contributed by atoms with Crippen molar-refractivity contribution < 1.29 is 18.0 Å². The van der Waals surface area contributed by atoms with E-state index in [4.69, 9.17) is 0 Å². The van der Waals surface area contributed by atoms with Crippen LogP contribution in [0.25, 0.3) is 0 Å². The number of hydrogen-bond acceptors (Lipinski definition) is 6. The first kappa shape index (κ1) is 20.4. The van der Waals surface area contributed by atoms with Gasteiger partial charge in [0.1, 0.15) is 5.84 Å². The fraction of sp³-hybridized carbons (Fsp3) is 0.250. The molecule has 10 heteroatoms. The summed E-state index contributed by atoms with van der Waals surface area (Å²) in [6, 6.07) is 13.4. The molecule has 2 aliphatic rings. The summed E-state index contributed by atoms with van der Waals surface area (Å²) in [4.78, 5) is 29.8. The lowest BCUT2D eigenvalue weighted by Gasteiger charge is -2.23. The molecule has 0 spiro atoms. The summed E-state index contributed by atoms with van der Waals surface area (Å²) in [5, 5.41) is 4.93. The van der Waals surface area contributed by atoms with E-state index in [0.717, 1.165) is 17.0 Å². The molecule has 0 saturated heterocycles. The van der Waals surface area contributed by atoms with Crippen LogP contribution in [0.1, 0.15) is 19.3 Å². The number of amides is 2. The van der Waals surface area contributed by atoms with Crippen LogP contribution in [0.5, 0.6) is 0 Å². The Morgan fingerprint density at radius 1 is 1.20 bits per heavy atom. The second kappa shape index (κ2) is 8.49.